The maximum absolute atomic E-state index is 13.0. The molecule has 0 aliphatic rings. The molecule has 0 aromatic heterocycles. The molecule has 0 radical (unpaired) electrons. The molecule has 1 amide bonds. The minimum atomic E-state index is -4.15. The van der Waals surface area contributed by atoms with Crippen LogP contribution in [0.1, 0.15) is 16.8 Å². The number of rotatable bonds is 10. The Balaban J connectivity index is 1.68. The molecule has 0 spiro atoms. The van der Waals surface area contributed by atoms with Gasteiger partial charge in [-0.25, -0.2) is 8.42 Å². The average Bonchev–Trinajstić information content (AvgIpc) is 2.82. The number of hydrogen-bond acceptors (Lipinski definition) is 6. The Kier molecular flexibility index (Phi) is 7.62. The summed E-state index contributed by atoms with van der Waals surface area (Å²) >= 11 is 0. The third kappa shape index (κ3) is 6.30. The first kappa shape index (κ1) is 23.7. The number of ether oxygens (including phenoxy) is 1. The lowest BCUT2D eigenvalue weighted by Gasteiger charge is -2.19. The maximum Gasteiger partial charge on any atom is 0.270 e. The summed E-state index contributed by atoms with van der Waals surface area (Å²) in [5, 5.41) is 11.0. The molecule has 0 fully saturated rings. The zero-order valence-electron chi connectivity index (χ0n) is 17.9. The highest BCUT2D eigenvalue weighted by Gasteiger charge is 2.22. The van der Waals surface area contributed by atoms with Crippen LogP contribution in [-0.4, -0.2) is 44.3 Å². The lowest BCUT2D eigenvalue weighted by Crippen LogP contribution is -2.29. The van der Waals surface area contributed by atoms with Crippen molar-refractivity contribution in [3.8, 4) is 5.75 Å². The van der Waals surface area contributed by atoms with Crippen LogP contribution in [0.4, 0.5) is 11.4 Å². The Morgan fingerprint density at radius 3 is 2.45 bits per heavy atom. The van der Waals surface area contributed by atoms with Crippen LogP contribution in [0.3, 0.4) is 0 Å². The van der Waals surface area contributed by atoms with E-state index in [1.54, 1.807) is 19.2 Å². The van der Waals surface area contributed by atoms with Gasteiger partial charge in [0, 0.05) is 25.7 Å². The van der Waals surface area contributed by atoms with E-state index >= 15 is 0 Å². The summed E-state index contributed by atoms with van der Waals surface area (Å²) < 4.78 is 33.6. The summed E-state index contributed by atoms with van der Waals surface area (Å²) in [5.41, 5.74) is -0.0981. The monoisotopic (exact) mass is 469 g/mol. The van der Waals surface area contributed by atoms with E-state index < -0.39 is 14.9 Å². The second kappa shape index (κ2) is 10.6. The molecule has 0 unspecified atom stereocenters. The number of nitro benzene ring substituents is 1. The molecule has 0 bridgehead atoms. The van der Waals surface area contributed by atoms with E-state index in [0.29, 0.717) is 19.6 Å². The number of nitrogens with zero attached hydrogens (tertiary/aromatic N) is 2. The van der Waals surface area contributed by atoms with Crippen LogP contribution in [0.15, 0.2) is 83.8 Å². The maximum atomic E-state index is 13.0. The van der Waals surface area contributed by atoms with Gasteiger partial charge in [0.1, 0.15) is 5.75 Å². The molecular formula is C23H23N3O6S. The molecule has 0 saturated carbocycles. The van der Waals surface area contributed by atoms with E-state index in [2.05, 4.69) is 4.72 Å². The zero-order chi connectivity index (χ0) is 23.8. The summed E-state index contributed by atoms with van der Waals surface area (Å²) in [6.07, 6.45) is 0.582. The van der Waals surface area contributed by atoms with Crippen LogP contribution in [-0.2, 0) is 10.0 Å². The van der Waals surface area contributed by atoms with Crippen LogP contribution in [0.25, 0.3) is 0 Å². The molecule has 0 saturated heterocycles. The van der Waals surface area contributed by atoms with E-state index in [-0.39, 0.29) is 27.7 Å². The Labute approximate surface area is 191 Å². The van der Waals surface area contributed by atoms with E-state index in [1.807, 2.05) is 30.3 Å². The predicted octanol–water partition coefficient (Wildman–Crippen LogP) is 3.94. The summed E-state index contributed by atoms with van der Waals surface area (Å²) in [6, 6.07) is 20.2. The first-order valence-corrected chi connectivity index (χ1v) is 11.6. The van der Waals surface area contributed by atoms with Crippen molar-refractivity contribution < 1.29 is 22.9 Å². The van der Waals surface area contributed by atoms with E-state index in [4.69, 9.17) is 4.74 Å². The summed E-state index contributed by atoms with van der Waals surface area (Å²) in [4.78, 5) is 24.5. The first-order valence-electron chi connectivity index (χ1n) is 10.1. The average molecular weight is 470 g/mol. The Bertz CT molecular complexity index is 1230. The number of carbonyl (C=O) groups is 1. The molecule has 3 aromatic carbocycles. The van der Waals surface area contributed by atoms with E-state index in [9.17, 15) is 23.3 Å². The molecular weight excluding hydrogens is 446 g/mol. The molecule has 33 heavy (non-hydrogen) atoms. The van der Waals surface area contributed by atoms with Crippen molar-refractivity contribution in [2.24, 2.45) is 0 Å². The summed E-state index contributed by atoms with van der Waals surface area (Å²) in [7, 11) is -2.53. The van der Waals surface area contributed by atoms with Gasteiger partial charge in [-0.1, -0.05) is 36.4 Å². The molecule has 3 rings (SSSR count). The normalized spacial score (nSPS) is 10.9. The number of nitrogens with one attached hydrogen (secondary N) is 1. The van der Waals surface area contributed by atoms with Crippen LogP contribution >= 0.6 is 0 Å². The lowest BCUT2D eigenvalue weighted by molar-refractivity contribution is -0.385. The van der Waals surface area contributed by atoms with Gasteiger partial charge in [-0.2, -0.15) is 0 Å². The molecule has 0 heterocycles. The highest BCUT2D eigenvalue weighted by atomic mass is 32.2. The van der Waals surface area contributed by atoms with Gasteiger partial charge in [0.05, 0.1) is 27.7 Å². The number of para-hydroxylation sites is 2. The Hall–Kier alpha value is -3.92. The predicted molar refractivity (Wildman–Crippen MR) is 124 cm³/mol. The molecule has 1 N–H and O–H groups in total. The smallest absolute Gasteiger partial charge is 0.270 e. The van der Waals surface area contributed by atoms with Crippen LogP contribution in [0.2, 0.25) is 0 Å². The molecule has 0 aliphatic carbocycles. The topological polar surface area (TPSA) is 119 Å². The van der Waals surface area contributed by atoms with Gasteiger partial charge < -0.3 is 9.64 Å². The summed E-state index contributed by atoms with van der Waals surface area (Å²) in [5.74, 6) is 0.374. The third-order valence-corrected chi connectivity index (χ3v) is 6.10. The van der Waals surface area contributed by atoms with Gasteiger partial charge in [-0.15, -0.1) is 0 Å². The minimum Gasteiger partial charge on any atom is -0.494 e. The SMILES string of the molecule is CN(CCCOc1ccccc1)C(=O)c1ccccc1NS(=O)(=O)c1cccc([N+](=O)[O-])c1. The number of hydrogen-bond donors (Lipinski definition) is 1. The van der Waals surface area contributed by atoms with Gasteiger partial charge >= 0.3 is 0 Å². The van der Waals surface area contributed by atoms with E-state index in [1.165, 1.54) is 35.2 Å². The molecule has 0 aliphatic heterocycles. The fourth-order valence-corrected chi connectivity index (χ4v) is 4.16. The van der Waals surface area contributed by atoms with Crippen molar-refractivity contribution in [2.75, 3.05) is 24.9 Å². The standard InChI is InChI=1S/C23H23N3O6S/c1-25(15-8-16-32-19-10-3-2-4-11-19)23(27)21-13-5-6-14-22(21)24-33(30,31)20-12-7-9-18(17-20)26(28)29/h2-7,9-14,17,24H,8,15-16H2,1H3. The quantitative estimate of drug-likeness (QED) is 0.273. The van der Waals surface area contributed by atoms with Crippen molar-refractivity contribution in [3.05, 3.63) is 94.5 Å². The Morgan fingerprint density at radius 2 is 1.73 bits per heavy atom. The number of carbonyl (C=O) groups excluding carboxylic acids is 1. The van der Waals surface area contributed by atoms with Gasteiger partial charge in [0.2, 0.25) is 0 Å². The second-order valence-corrected chi connectivity index (χ2v) is 8.83. The van der Waals surface area contributed by atoms with Gasteiger partial charge in [0.15, 0.2) is 0 Å². The zero-order valence-corrected chi connectivity index (χ0v) is 18.7. The largest absolute Gasteiger partial charge is 0.494 e. The molecule has 9 nitrogen and oxygen atoms in total. The van der Waals surface area contributed by atoms with Crippen LogP contribution < -0.4 is 9.46 Å². The lowest BCUT2D eigenvalue weighted by atomic mass is 10.1. The second-order valence-electron chi connectivity index (χ2n) is 7.15. The number of nitro groups is 1. The third-order valence-electron chi connectivity index (χ3n) is 4.74. The van der Waals surface area contributed by atoms with Crippen molar-refractivity contribution in [3.63, 3.8) is 0 Å². The van der Waals surface area contributed by atoms with Crippen molar-refractivity contribution in [2.45, 2.75) is 11.3 Å². The van der Waals surface area contributed by atoms with Crippen LogP contribution in [0, 0.1) is 10.1 Å². The molecule has 3 aromatic rings. The number of sulfonamides is 1. The number of non-ortho nitro benzene ring substituents is 1. The summed E-state index contributed by atoms with van der Waals surface area (Å²) in [6.45, 7) is 0.820. The number of anilines is 1. The Morgan fingerprint density at radius 1 is 1.03 bits per heavy atom. The molecule has 0 atom stereocenters. The highest BCUT2D eigenvalue weighted by Crippen LogP contribution is 2.23. The van der Waals surface area contributed by atoms with Gasteiger partial charge in [0.25, 0.3) is 21.6 Å². The van der Waals surface area contributed by atoms with Crippen molar-refractivity contribution in [1.82, 2.24) is 4.90 Å². The minimum absolute atomic E-state index is 0.0846. The van der Waals surface area contributed by atoms with Gasteiger partial charge in [-0.05, 0) is 36.8 Å². The number of benzene rings is 3. The fraction of sp³-hybridized carbons (Fsp3) is 0.174. The van der Waals surface area contributed by atoms with Crippen molar-refractivity contribution >= 4 is 27.3 Å². The highest BCUT2D eigenvalue weighted by molar-refractivity contribution is 7.92. The molecule has 172 valence electrons. The fourth-order valence-electron chi connectivity index (χ4n) is 3.04. The molecule has 10 heteroatoms. The van der Waals surface area contributed by atoms with E-state index in [0.717, 1.165) is 11.8 Å². The van der Waals surface area contributed by atoms with Gasteiger partial charge in [-0.3, -0.25) is 19.6 Å². The van der Waals surface area contributed by atoms with Crippen LogP contribution in [0.5, 0.6) is 5.75 Å². The van der Waals surface area contributed by atoms with Crippen molar-refractivity contribution in [1.29, 1.82) is 0 Å². The number of amides is 1. The first-order chi connectivity index (χ1) is 15.8.